The number of H-pyrrole nitrogens is 1. The number of aldehydes is 1. The van der Waals surface area contributed by atoms with E-state index in [1.807, 2.05) is 0 Å². The predicted molar refractivity (Wildman–Crippen MR) is 60.0 cm³/mol. The van der Waals surface area contributed by atoms with Crippen LogP contribution in [0, 0.1) is 0 Å². The maximum atomic E-state index is 11.3. The summed E-state index contributed by atoms with van der Waals surface area (Å²) in [4.78, 5) is 29.0. The van der Waals surface area contributed by atoms with Gasteiger partial charge in [-0.05, 0) is 20.8 Å². The Bertz CT molecular complexity index is 357. The van der Waals surface area contributed by atoms with Crippen LogP contribution in [0.1, 0.15) is 26.5 Å². The van der Waals surface area contributed by atoms with Crippen LogP contribution in [-0.2, 0) is 16.0 Å². The van der Waals surface area contributed by atoms with Gasteiger partial charge in [0, 0.05) is 18.3 Å². The Balaban J connectivity index is 2.62. The highest BCUT2D eigenvalue weighted by molar-refractivity contribution is 5.85. The summed E-state index contributed by atoms with van der Waals surface area (Å²) in [6.45, 7) is 5.03. The molecule has 5 heteroatoms. The van der Waals surface area contributed by atoms with Crippen molar-refractivity contribution >= 4 is 12.1 Å². The normalized spacial score (nSPS) is 13.4. The minimum absolute atomic E-state index is 0.00367. The first-order valence-corrected chi connectivity index (χ1v) is 5.17. The number of Topliss-reactive ketones (excluding diaryl/α,β-unsaturated/α-hetero) is 1. The summed E-state index contributed by atoms with van der Waals surface area (Å²) in [7, 11) is 0. The summed E-state index contributed by atoms with van der Waals surface area (Å²) >= 11 is 0. The molecule has 0 aliphatic rings. The third kappa shape index (κ3) is 3.27. The lowest BCUT2D eigenvalue weighted by atomic mass is 9.98. The molecule has 0 saturated heterocycles. The van der Waals surface area contributed by atoms with E-state index in [1.54, 1.807) is 26.4 Å². The van der Waals surface area contributed by atoms with Crippen molar-refractivity contribution in [1.82, 2.24) is 15.3 Å². The number of aromatic nitrogens is 2. The minimum atomic E-state index is -0.689. The molecule has 0 aliphatic carbocycles. The van der Waals surface area contributed by atoms with Gasteiger partial charge in [-0.3, -0.25) is 10.1 Å². The average Bonchev–Trinajstić information content (AvgIpc) is 2.68. The van der Waals surface area contributed by atoms with Gasteiger partial charge in [0.1, 0.15) is 12.1 Å². The fourth-order valence-electron chi connectivity index (χ4n) is 1.33. The Kier molecular flexibility index (Phi) is 3.95. The molecule has 0 amide bonds. The van der Waals surface area contributed by atoms with Crippen LogP contribution in [0.25, 0.3) is 0 Å². The second-order valence-corrected chi connectivity index (χ2v) is 4.35. The smallest absolute Gasteiger partial charge is 0.149 e. The average molecular weight is 223 g/mol. The lowest BCUT2D eigenvalue weighted by molar-refractivity contribution is -0.122. The zero-order chi connectivity index (χ0) is 12.2. The maximum Gasteiger partial charge on any atom is 0.149 e. The molecule has 1 atom stereocenters. The Labute approximate surface area is 94.7 Å². The van der Waals surface area contributed by atoms with Crippen LogP contribution in [0.2, 0.25) is 0 Å². The molecular weight excluding hydrogens is 206 g/mol. The molecule has 0 aromatic carbocycles. The summed E-state index contributed by atoms with van der Waals surface area (Å²) < 4.78 is 0. The van der Waals surface area contributed by atoms with Crippen LogP contribution < -0.4 is 5.32 Å². The van der Waals surface area contributed by atoms with Gasteiger partial charge in [0.05, 0.1) is 17.9 Å². The standard InChI is InChI=1S/C11H17N3O2/c1-8(16)11(2,3)14-10(6-15)4-9-5-12-7-13-9/h5-7,10,14H,4H2,1-3H3,(H,12,13)/t10-/m0/s1. The molecule has 2 N–H and O–H groups in total. The molecule has 88 valence electrons. The minimum Gasteiger partial charge on any atom is -0.348 e. The fourth-order valence-corrected chi connectivity index (χ4v) is 1.33. The van der Waals surface area contributed by atoms with E-state index < -0.39 is 5.54 Å². The van der Waals surface area contributed by atoms with Gasteiger partial charge in [0.2, 0.25) is 0 Å². The fraction of sp³-hybridized carbons (Fsp3) is 0.545. The van der Waals surface area contributed by atoms with Crippen molar-refractivity contribution in [1.29, 1.82) is 0 Å². The second-order valence-electron chi connectivity index (χ2n) is 4.35. The third-order valence-corrected chi connectivity index (χ3v) is 2.59. The third-order valence-electron chi connectivity index (χ3n) is 2.59. The van der Waals surface area contributed by atoms with E-state index in [4.69, 9.17) is 0 Å². The molecule has 1 rings (SSSR count). The number of nitrogens with zero attached hydrogens (tertiary/aromatic N) is 1. The lowest BCUT2D eigenvalue weighted by Crippen LogP contribution is -2.52. The van der Waals surface area contributed by atoms with Crippen LogP contribution in [0.3, 0.4) is 0 Å². The van der Waals surface area contributed by atoms with Crippen molar-refractivity contribution in [2.24, 2.45) is 0 Å². The molecule has 0 aliphatic heterocycles. The molecule has 1 aromatic rings. The maximum absolute atomic E-state index is 11.3. The highest BCUT2D eigenvalue weighted by Gasteiger charge is 2.26. The van der Waals surface area contributed by atoms with Crippen LogP contribution in [0.5, 0.6) is 0 Å². The lowest BCUT2D eigenvalue weighted by Gasteiger charge is -2.26. The van der Waals surface area contributed by atoms with Crippen molar-refractivity contribution < 1.29 is 9.59 Å². The molecule has 16 heavy (non-hydrogen) atoms. The number of carbonyl (C=O) groups excluding carboxylic acids is 2. The summed E-state index contributed by atoms with van der Waals surface area (Å²) in [5, 5.41) is 3.02. The largest absolute Gasteiger partial charge is 0.348 e. The van der Waals surface area contributed by atoms with Gasteiger partial charge in [0.15, 0.2) is 0 Å². The van der Waals surface area contributed by atoms with Crippen LogP contribution in [0.15, 0.2) is 12.5 Å². The van der Waals surface area contributed by atoms with E-state index in [0.717, 1.165) is 12.0 Å². The molecule has 0 saturated carbocycles. The van der Waals surface area contributed by atoms with Crippen molar-refractivity contribution in [3.05, 3.63) is 18.2 Å². The Hall–Kier alpha value is -1.49. The van der Waals surface area contributed by atoms with E-state index in [0.29, 0.717) is 6.42 Å². The van der Waals surface area contributed by atoms with Crippen LogP contribution >= 0.6 is 0 Å². The van der Waals surface area contributed by atoms with E-state index in [9.17, 15) is 9.59 Å². The van der Waals surface area contributed by atoms with E-state index in [-0.39, 0.29) is 11.8 Å². The first kappa shape index (κ1) is 12.6. The van der Waals surface area contributed by atoms with Crippen molar-refractivity contribution in [3.63, 3.8) is 0 Å². The van der Waals surface area contributed by atoms with Crippen molar-refractivity contribution in [2.45, 2.75) is 38.8 Å². The van der Waals surface area contributed by atoms with Crippen LogP contribution in [-0.4, -0.2) is 33.6 Å². The molecule has 1 heterocycles. The zero-order valence-electron chi connectivity index (χ0n) is 9.78. The quantitative estimate of drug-likeness (QED) is 0.688. The van der Waals surface area contributed by atoms with Crippen molar-refractivity contribution in [2.75, 3.05) is 0 Å². The van der Waals surface area contributed by atoms with Gasteiger partial charge in [-0.25, -0.2) is 4.98 Å². The summed E-state index contributed by atoms with van der Waals surface area (Å²) in [6, 6.07) is -0.389. The first-order valence-electron chi connectivity index (χ1n) is 5.17. The molecular formula is C11H17N3O2. The number of hydrogen-bond donors (Lipinski definition) is 2. The van der Waals surface area contributed by atoms with Crippen molar-refractivity contribution in [3.8, 4) is 0 Å². The highest BCUT2D eigenvalue weighted by Crippen LogP contribution is 2.07. The van der Waals surface area contributed by atoms with Gasteiger partial charge >= 0.3 is 0 Å². The summed E-state index contributed by atoms with van der Waals surface area (Å²) in [5.74, 6) is 0.00367. The monoisotopic (exact) mass is 223 g/mol. The topological polar surface area (TPSA) is 74.8 Å². The van der Waals surface area contributed by atoms with E-state index in [1.165, 1.54) is 6.92 Å². The highest BCUT2D eigenvalue weighted by atomic mass is 16.1. The zero-order valence-corrected chi connectivity index (χ0v) is 9.78. The van der Waals surface area contributed by atoms with Gasteiger partial charge < -0.3 is 9.78 Å². The number of nitrogens with one attached hydrogen (secondary N) is 2. The van der Waals surface area contributed by atoms with Gasteiger partial charge in [-0.2, -0.15) is 0 Å². The van der Waals surface area contributed by atoms with Gasteiger partial charge in [-0.15, -0.1) is 0 Å². The van der Waals surface area contributed by atoms with Crippen LogP contribution in [0.4, 0.5) is 0 Å². The molecule has 0 unspecified atom stereocenters. The number of ketones is 1. The predicted octanol–water partition coefficient (Wildman–Crippen LogP) is 0.477. The van der Waals surface area contributed by atoms with Gasteiger partial charge in [-0.1, -0.05) is 0 Å². The molecule has 0 radical (unpaired) electrons. The number of carbonyl (C=O) groups is 2. The molecule has 1 aromatic heterocycles. The van der Waals surface area contributed by atoms with E-state index >= 15 is 0 Å². The summed E-state index contributed by atoms with van der Waals surface area (Å²) in [6.07, 6.45) is 4.54. The van der Waals surface area contributed by atoms with Gasteiger partial charge in [0.25, 0.3) is 0 Å². The first-order chi connectivity index (χ1) is 7.45. The summed E-state index contributed by atoms with van der Waals surface area (Å²) in [5.41, 5.74) is 0.176. The molecule has 0 fully saturated rings. The number of hydrogen-bond acceptors (Lipinski definition) is 4. The molecule has 0 bridgehead atoms. The Morgan fingerprint density at radius 3 is 2.81 bits per heavy atom. The SMILES string of the molecule is CC(=O)C(C)(C)N[C@H](C=O)Cc1cnc[nH]1. The molecule has 5 nitrogen and oxygen atoms in total. The second kappa shape index (κ2) is 5.03. The number of aromatic amines is 1. The molecule has 0 spiro atoms. The Morgan fingerprint density at radius 2 is 2.38 bits per heavy atom. The van der Waals surface area contributed by atoms with E-state index in [2.05, 4.69) is 15.3 Å². The Morgan fingerprint density at radius 1 is 1.69 bits per heavy atom. The number of imidazole rings is 1. The number of rotatable bonds is 6.